The van der Waals surface area contributed by atoms with Gasteiger partial charge < -0.3 is 0 Å². The van der Waals surface area contributed by atoms with Crippen LogP contribution in [-0.2, 0) is 4.84 Å². The molecule has 8 heavy (non-hydrogen) atoms. The second kappa shape index (κ2) is 3.02. The number of hydroxylamine groups is 1. The van der Waals surface area contributed by atoms with Crippen LogP contribution >= 0.6 is 0 Å². The molecular weight excluding hydrogens is 104 g/mol. The second-order valence-electron chi connectivity index (χ2n) is 1.97. The maximum Gasteiger partial charge on any atom is 0.119 e. The standard InChI is InChI=1S/C5H12N2O/c1-6-8-4-7-5-2-3-5/h5-7H,2-4H2,1H3. The quantitative estimate of drug-likeness (QED) is 0.304. The predicted molar refractivity (Wildman–Crippen MR) is 31.2 cm³/mol. The lowest BCUT2D eigenvalue weighted by atomic mass is 10.7. The largest absolute Gasteiger partial charge is 0.290 e. The highest BCUT2D eigenvalue weighted by atomic mass is 16.6. The summed E-state index contributed by atoms with van der Waals surface area (Å²) >= 11 is 0. The molecule has 0 aromatic rings. The van der Waals surface area contributed by atoms with Gasteiger partial charge in [-0.1, -0.05) is 0 Å². The van der Waals surface area contributed by atoms with Crippen molar-refractivity contribution in [2.45, 2.75) is 18.9 Å². The molecule has 1 aliphatic rings. The Hall–Kier alpha value is -0.120. The lowest BCUT2D eigenvalue weighted by Crippen LogP contribution is -2.24. The fourth-order valence-electron chi connectivity index (χ4n) is 0.519. The van der Waals surface area contributed by atoms with Gasteiger partial charge in [-0.05, 0) is 12.8 Å². The first-order chi connectivity index (χ1) is 3.93. The molecule has 0 spiro atoms. The fraction of sp³-hybridized carbons (Fsp3) is 1.00. The third-order valence-electron chi connectivity index (χ3n) is 1.17. The molecule has 0 saturated heterocycles. The maximum absolute atomic E-state index is 4.82. The Morgan fingerprint density at radius 2 is 2.38 bits per heavy atom. The predicted octanol–water partition coefficient (Wildman–Crippen LogP) is -0.153. The Bertz CT molecular complexity index is 63.4. The van der Waals surface area contributed by atoms with E-state index in [1.165, 1.54) is 12.8 Å². The summed E-state index contributed by atoms with van der Waals surface area (Å²) in [5, 5.41) is 3.17. The van der Waals surface area contributed by atoms with Crippen LogP contribution in [0, 0.1) is 0 Å². The number of hydrogen-bond acceptors (Lipinski definition) is 3. The summed E-state index contributed by atoms with van der Waals surface area (Å²) in [5.74, 6) is 0. The van der Waals surface area contributed by atoms with Crippen molar-refractivity contribution in [1.82, 2.24) is 10.8 Å². The van der Waals surface area contributed by atoms with Gasteiger partial charge in [0.25, 0.3) is 0 Å². The molecule has 48 valence electrons. The topological polar surface area (TPSA) is 33.3 Å². The SMILES string of the molecule is CNOCNC1CC1. The zero-order valence-corrected chi connectivity index (χ0v) is 5.11. The van der Waals surface area contributed by atoms with Crippen LogP contribution in [0.25, 0.3) is 0 Å². The summed E-state index contributed by atoms with van der Waals surface area (Å²) in [6.45, 7) is 0.626. The molecule has 1 rings (SSSR count). The van der Waals surface area contributed by atoms with Crippen molar-refractivity contribution >= 4 is 0 Å². The van der Waals surface area contributed by atoms with Gasteiger partial charge in [-0.25, -0.2) is 5.48 Å². The number of nitrogens with one attached hydrogen (secondary N) is 2. The monoisotopic (exact) mass is 116 g/mol. The van der Waals surface area contributed by atoms with Crippen LogP contribution in [-0.4, -0.2) is 19.8 Å². The van der Waals surface area contributed by atoms with E-state index in [0.717, 1.165) is 6.04 Å². The molecule has 0 radical (unpaired) electrons. The van der Waals surface area contributed by atoms with E-state index in [9.17, 15) is 0 Å². The van der Waals surface area contributed by atoms with Gasteiger partial charge in [0.15, 0.2) is 0 Å². The Morgan fingerprint density at radius 3 is 2.88 bits per heavy atom. The van der Waals surface area contributed by atoms with E-state index in [1.807, 2.05) is 0 Å². The summed E-state index contributed by atoms with van der Waals surface area (Å²) < 4.78 is 0. The van der Waals surface area contributed by atoms with E-state index in [4.69, 9.17) is 4.84 Å². The first kappa shape index (κ1) is 6.01. The van der Waals surface area contributed by atoms with Gasteiger partial charge in [0, 0.05) is 13.1 Å². The molecule has 1 saturated carbocycles. The lowest BCUT2D eigenvalue weighted by molar-refractivity contribution is 0.0433. The van der Waals surface area contributed by atoms with Crippen LogP contribution in [0.3, 0.4) is 0 Å². The van der Waals surface area contributed by atoms with E-state index >= 15 is 0 Å². The second-order valence-corrected chi connectivity index (χ2v) is 1.97. The molecule has 2 N–H and O–H groups in total. The Balaban J connectivity index is 1.74. The van der Waals surface area contributed by atoms with E-state index in [2.05, 4.69) is 10.8 Å². The van der Waals surface area contributed by atoms with Gasteiger partial charge in [0.1, 0.15) is 6.73 Å². The zero-order valence-electron chi connectivity index (χ0n) is 5.11. The van der Waals surface area contributed by atoms with Crippen molar-refractivity contribution in [3.63, 3.8) is 0 Å². The van der Waals surface area contributed by atoms with Crippen molar-refractivity contribution in [3.05, 3.63) is 0 Å². The summed E-state index contributed by atoms with van der Waals surface area (Å²) in [6.07, 6.45) is 2.63. The normalized spacial score (nSPS) is 19.1. The number of hydrogen-bond donors (Lipinski definition) is 2. The number of rotatable bonds is 4. The third kappa shape index (κ3) is 2.26. The lowest BCUT2D eigenvalue weighted by Gasteiger charge is -2.00. The van der Waals surface area contributed by atoms with E-state index in [-0.39, 0.29) is 0 Å². The molecule has 0 amide bonds. The molecule has 0 bridgehead atoms. The van der Waals surface area contributed by atoms with Gasteiger partial charge in [-0.2, -0.15) is 0 Å². The van der Waals surface area contributed by atoms with Gasteiger partial charge in [0.2, 0.25) is 0 Å². The van der Waals surface area contributed by atoms with Crippen molar-refractivity contribution < 1.29 is 4.84 Å². The fourth-order valence-corrected chi connectivity index (χ4v) is 0.519. The van der Waals surface area contributed by atoms with E-state index < -0.39 is 0 Å². The van der Waals surface area contributed by atoms with Crippen molar-refractivity contribution in [2.24, 2.45) is 0 Å². The van der Waals surface area contributed by atoms with Crippen LogP contribution < -0.4 is 10.8 Å². The molecule has 1 aliphatic carbocycles. The van der Waals surface area contributed by atoms with Crippen molar-refractivity contribution in [1.29, 1.82) is 0 Å². The van der Waals surface area contributed by atoms with Crippen molar-refractivity contribution in [2.75, 3.05) is 13.8 Å². The molecule has 3 heteroatoms. The Labute approximate surface area is 49.4 Å². The van der Waals surface area contributed by atoms with E-state index in [0.29, 0.717) is 6.73 Å². The van der Waals surface area contributed by atoms with E-state index in [1.54, 1.807) is 7.05 Å². The highest BCUT2D eigenvalue weighted by Crippen LogP contribution is 2.17. The molecule has 0 aromatic carbocycles. The molecule has 0 aliphatic heterocycles. The van der Waals surface area contributed by atoms with Crippen LogP contribution in [0.1, 0.15) is 12.8 Å². The highest BCUT2D eigenvalue weighted by Gasteiger charge is 2.19. The maximum atomic E-state index is 4.82. The average Bonchev–Trinajstić information content (AvgIpc) is 2.51. The first-order valence-corrected chi connectivity index (χ1v) is 2.95. The molecule has 0 aromatic heterocycles. The molecule has 0 heterocycles. The minimum absolute atomic E-state index is 0.626. The van der Waals surface area contributed by atoms with Gasteiger partial charge in [-0.15, -0.1) is 0 Å². The first-order valence-electron chi connectivity index (χ1n) is 2.95. The zero-order chi connectivity index (χ0) is 5.82. The van der Waals surface area contributed by atoms with Crippen LogP contribution in [0.5, 0.6) is 0 Å². The minimum Gasteiger partial charge on any atom is -0.290 e. The molecule has 0 unspecified atom stereocenters. The summed E-state index contributed by atoms with van der Waals surface area (Å²) in [6, 6.07) is 0.739. The minimum atomic E-state index is 0.626. The Kier molecular flexibility index (Phi) is 2.27. The van der Waals surface area contributed by atoms with Gasteiger partial charge >= 0.3 is 0 Å². The van der Waals surface area contributed by atoms with Gasteiger partial charge in [0.05, 0.1) is 0 Å². The molecular formula is C5H12N2O. The van der Waals surface area contributed by atoms with Crippen LogP contribution in [0.15, 0.2) is 0 Å². The average molecular weight is 116 g/mol. The summed E-state index contributed by atoms with van der Waals surface area (Å²) in [7, 11) is 1.76. The molecule has 1 fully saturated rings. The van der Waals surface area contributed by atoms with Gasteiger partial charge in [-0.3, -0.25) is 10.2 Å². The van der Waals surface area contributed by atoms with Crippen LogP contribution in [0.4, 0.5) is 0 Å². The smallest absolute Gasteiger partial charge is 0.119 e. The molecule has 3 nitrogen and oxygen atoms in total. The van der Waals surface area contributed by atoms with Crippen LogP contribution in [0.2, 0.25) is 0 Å². The highest BCUT2D eigenvalue weighted by molar-refractivity contribution is 4.79. The molecule has 0 atom stereocenters. The summed E-state index contributed by atoms with van der Waals surface area (Å²) in [5.41, 5.74) is 2.59. The van der Waals surface area contributed by atoms with Crippen molar-refractivity contribution in [3.8, 4) is 0 Å². The summed E-state index contributed by atoms with van der Waals surface area (Å²) in [4.78, 5) is 4.82. The third-order valence-corrected chi connectivity index (χ3v) is 1.17. The Morgan fingerprint density at radius 1 is 1.62 bits per heavy atom.